The first-order valence-electron chi connectivity index (χ1n) is 11.1. The van der Waals surface area contributed by atoms with E-state index in [1.165, 1.54) is 51.4 Å². The number of carbonyl (C=O) groups excluding carboxylic acids is 2. The van der Waals surface area contributed by atoms with Crippen molar-refractivity contribution in [1.82, 2.24) is 0 Å². The van der Waals surface area contributed by atoms with Gasteiger partial charge in [-0.25, -0.2) is 0 Å². The molecule has 0 bridgehead atoms. The number of hydrogen-bond donors (Lipinski definition) is 1. The Morgan fingerprint density at radius 2 is 1.45 bits per heavy atom. The van der Waals surface area contributed by atoms with Gasteiger partial charge in [0.2, 0.25) is 11.6 Å². The quantitative estimate of drug-likeness (QED) is 0.274. The Labute approximate surface area is 180 Å². The SMILES string of the molecule is CCCCCCCCCCSC(C)(C)CCC1=C(O)c2ccccc2C(=O)C1=O. The van der Waals surface area contributed by atoms with Crippen molar-refractivity contribution >= 4 is 29.1 Å². The average molecular weight is 417 g/mol. The molecular formula is C25H36O3S. The predicted molar refractivity (Wildman–Crippen MR) is 124 cm³/mol. The van der Waals surface area contributed by atoms with Crippen molar-refractivity contribution in [1.29, 1.82) is 0 Å². The van der Waals surface area contributed by atoms with Crippen LogP contribution in [0.1, 0.15) is 101 Å². The van der Waals surface area contributed by atoms with Crippen LogP contribution in [0.2, 0.25) is 0 Å². The van der Waals surface area contributed by atoms with Crippen LogP contribution >= 0.6 is 11.8 Å². The number of carbonyl (C=O) groups is 2. The van der Waals surface area contributed by atoms with Crippen LogP contribution in [0.25, 0.3) is 5.76 Å². The highest BCUT2D eigenvalue weighted by atomic mass is 32.2. The number of unbranched alkanes of at least 4 members (excludes halogenated alkanes) is 7. The number of rotatable bonds is 13. The lowest BCUT2D eigenvalue weighted by Crippen LogP contribution is -2.25. The fourth-order valence-corrected chi connectivity index (χ4v) is 4.88. The minimum Gasteiger partial charge on any atom is -0.507 e. The fourth-order valence-electron chi connectivity index (χ4n) is 3.73. The van der Waals surface area contributed by atoms with Gasteiger partial charge in [0.15, 0.2) is 0 Å². The van der Waals surface area contributed by atoms with Gasteiger partial charge in [-0.15, -0.1) is 0 Å². The smallest absolute Gasteiger partial charge is 0.234 e. The van der Waals surface area contributed by atoms with Gasteiger partial charge in [0.05, 0.1) is 0 Å². The van der Waals surface area contributed by atoms with E-state index in [9.17, 15) is 14.7 Å². The van der Waals surface area contributed by atoms with E-state index in [4.69, 9.17) is 0 Å². The highest BCUT2D eigenvalue weighted by molar-refractivity contribution is 8.00. The van der Waals surface area contributed by atoms with Crippen molar-refractivity contribution in [2.45, 2.75) is 89.7 Å². The number of Topliss-reactive ketones (excluding diaryl/α,β-unsaturated/α-hetero) is 2. The molecule has 0 radical (unpaired) electrons. The van der Waals surface area contributed by atoms with Crippen molar-refractivity contribution in [2.75, 3.05) is 5.75 Å². The summed E-state index contributed by atoms with van der Waals surface area (Å²) in [5.41, 5.74) is 1.06. The molecule has 0 spiro atoms. The van der Waals surface area contributed by atoms with Crippen LogP contribution in [-0.4, -0.2) is 27.2 Å². The average Bonchev–Trinajstić information content (AvgIpc) is 2.71. The molecule has 0 amide bonds. The zero-order chi connectivity index (χ0) is 21.3. The molecule has 3 nitrogen and oxygen atoms in total. The summed E-state index contributed by atoms with van der Waals surface area (Å²) in [6.07, 6.45) is 11.7. The molecule has 160 valence electrons. The third-order valence-electron chi connectivity index (χ3n) is 5.66. The predicted octanol–water partition coefficient (Wildman–Crippen LogP) is 7.15. The van der Waals surface area contributed by atoms with Gasteiger partial charge in [-0.05, 0) is 25.0 Å². The van der Waals surface area contributed by atoms with Gasteiger partial charge in [0, 0.05) is 21.4 Å². The summed E-state index contributed by atoms with van der Waals surface area (Å²) in [6.45, 7) is 6.62. The highest BCUT2D eigenvalue weighted by Gasteiger charge is 2.33. The first-order valence-corrected chi connectivity index (χ1v) is 12.1. The molecule has 0 saturated heterocycles. The summed E-state index contributed by atoms with van der Waals surface area (Å²) in [5, 5.41) is 10.6. The molecule has 0 heterocycles. The topological polar surface area (TPSA) is 54.4 Å². The van der Waals surface area contributed by atoms with E-state index in [0.29, 0.717) is 17.5 Å². The lowest BCUT2D eigenvalue weighted by Gasteiger charge is -2.26. The monoisotopic (exact) mass is 416 g/mol. The van der Waals surface area contributed by atoms with Gasteiger partial charge in [0.1, 0.15) is 5.76 Å². The molecule has 0 atom stereocenters. The Balaban J connectivity index is 1.78. The van der Waals surface area contributed by atoms with Gasteiger partial charge in [-0.3, -0.25) is 9.59 Å². The van der Waals surface area contributed by atoms with E-state index >= 15 is 0 Å². The van der Waals surface area contributed by atoms with Crippen LogP contribution in [0.15, 0.2) is 29.8 Å². The first kappa shape index (κ1) is 23.7. The van der Waals surface area contributed by atoms with E-state index < -0.39 is 11.6 Å². The summed E-state index contributed by atoms with van der Waals surface area (Å²) in [7, 11) is 0. The van der Waals surface area contributed by atoms with Gasteiger partial charge in [-0.1, -0.05) is 90.0 Å². The van der Waals surface area contributed by atoms with E-state index in [1.807, 2.05) is 11.8 Å². The molecule has 0 aliphatic heterocycles. The molecule has 0 fully saturated rings. The Morgan fingerprint density at radius 1 is 0.862 bits per heavy atom. The van der Waals surface area contributed by atoms with E-state index in [1.54, 1.807) is 24.3 Å². The third kappa shape index (κ3) is 7.02. The number of aliphatic hydroxyl groups excluding tert-OH is 1. The number of fused-ring (bicyclic) bond motifs is 1. The molecule has 29 heavy (non-hydrogen) atoms. The maximum Gasteiger partial charge on any atom is 0.234 e. The van der Waals surface area contributed by atoms with Crippen molar-refractivity contribution in [3.05, 3.63) is 41.0 Å². The van der Waals surface area contributed by atoms with Crippen LogP contribution in [-0.2, 0) is 4.79 Å². The molecule has 1 aromatic carbocycles. The minimum absolute atomic E-state index is 0.00863. The highest BCUT2D eigenvalue weighted by Crippen LogP contribution is 2.35. The zero-order valence-electron chi connectivity index (χ0n) is 18.3. The molecular weight excluding hydrogens is 380 g/mol. The van der Waals surface area contributed by atoms with Crippen LogP contribution in [0.3, 0.4) is 0 Å². The number of ketones is 2. The second kappa shape index (κ2) is 11.6. The first-order chi connectivity index (χ1) is 13.9. The van der Waals surface area contributed by atoms with Gasteiger partial charge < -0.3 is 5.11 Å². The minimum atomic E-state index is -0.551. The Hall–Kier alpha value is -1.55. The van der Waals surface area contributed by atoms with E-state index in [-0.39, 0.29) is 16.1 Å². The number of benzene rings is 1. The lowest BCUT2D eigenvalue weighted by atomic mass is 9.85. The Bertz CT molecular complexity index is 733. The summed E-state index contributed by atoms with van der Waals surface area (Å²) < 4.78 is 0.00863. The zero-order valence-corrected chi connectivity index (χ0v) is 19.1. The fraction of sp³-hybridized carbons (Fsp3) is 0.600. The normalized spacial score (nSPS) is 14.4. The second-order valence-corrected chi connectivity index (χ2v) is 10.4. The summed E-state index contributed by atoms with van der Waals surface area (Å²) >= 11 is 1.93. The maximum absolute atomic E-state index is 12.5. The van der Waals surface area contributed by atoms with E-state index in [0.717, 1.165) is 12.2 Å². The second-order valence-electron chi connectivity index (χ2n) is 8.61. The number of aliphatic hydroxyl groups is 1. The standard InChI is InChI=1S/C25H36O3S/c1-4-5-6-7-8-9-10-13-18-29-25(2,3)17-16-21-22(26)19-14-11-12-15-20(19)23(27)24(21)28/h11-12,14-15,26H,4-10,13,16-18H2,1-3H3. The Morgan fingerprint density at radius 3 is 2.10 bits per heavy atom. The van der Waals surface area contributed by atoms with E-state index in [2.05, 4.69) is 20.8 Å². The molecule has 4 heteroatoms. The molecule has 1 aliphatic rings. The van der Waals surface area contributed by atoms with Gasteiger partial charge >= 0.3 is 0 Å². The van der Waals surface area contributed by atoms with Crippen LogP contribution in [0, 0.1) is 0 Å². The summed E-state index contributed by atoms with van der Waals surface area (Å²) in [5.74, 6) is 0.0415. The number of hydrogen-bond acceptors (Lipinski definition) is 4. The number of thioether (sulfide) groups is 1. The molecule has 1 aliphatic carbocycles. The number of allylic oxidation sites excluding steroid dienone is 1. The molecule has 2 rings (SSSR count). The van der Waals surface area contributed by atoms with Crippen molar-refractivity contribution < 1.29 is 14.7 Å². The Kier molecular flexibility index (Phi) is 9.48. The third-order valence-corrected chi connectivity index (χ3v) is 7.14. The maximum atomic E-state index is 12.5. The summed E-state index contributed by atoms with van der Waals surface area (Å²) in [6, 6.07) is 6.80. The molecule has 0 saturated carbocycles. The van der Waals surface area contributed by atoms with Crippen LogP contribution in [0.4, 0.5) is 0 Å². The van der Waals surface area contributed by atoms with Crippen LogP contribution in [0.5, 0.6) is 0 Å². The van der Waals surface area contributed by atoms with Crippen LogP contribution < -0.4 is 0 Å². The molecule has 1 N–H and O–H groups in total. The molecule has 0 unspecified atom stereocenters. The van der Waals surface area contributed by atoms with Crippen molar-refractivity contribution in [3.8, 4) is 0 Å². The lowest BCUT2D eigenvalue weighted by molar-refractivity contribution is -0.112. The summed E-state index contributed by atoms with van der Waals surface area (Å²) in [4.78, 5) is 24.8. The van der Waals surface area contributed by atoms with Gasteiger partial charge in [-0.2, -0.15) is 11.8 Å². The molecule has 0 aromatic heterocycles. The van der Waals surface area contributed by atoms with Gasteiger partial charge in [0.25, 0.3) is 0 Å². The van der Waals surface area contributed by atoms with Crippen molar-refractivity contribution in [3.63, 3.8) is 0 Å². The van der Waals surface area contributed by atoms with Crippen molar-refractivity contribution in [2.24, 2.45) is 0 Å². The molecule has 1 aromatic rings. The largest absolute Gasteiger partial charge is 0.507 e.